The summed E-state index contributed by atoms with van der Waals surface area (Å²) in [7, 11) is 0. The molecule has 6 heteroatoms. The van der Waals surface area contributed by atoms with Gasteiger partial charge in [-0.1, -0.05) is 78.3 Å². The van der Waals surface area contributed by atoms with Gasteiger partial charge in [0, 0.05) is 30.3 Å². The van der Waals surface area contributed by atoms with Crippen molar-refractivity contribution in [2.45, 2.75) is 38.6 Å². The van der Waals surface area contributed by atoms with Crippen LogP contribution in [-0.4, -0.2) is 35.1 Å². The van der Waals surface area contributed by atoms with Gasteiger partial charge in [0.05, 0.1) is 5.75 Å². The van der Waals surface area contributed by atoms with Crippen molar-refractivity contribution < 1.29 is 9.59 Å². The Balaban J connectivity index is 1.83. The smallest absolute Gasteiger partial charge is 0.243 e. The number of nitrogens with zero attached hydrogens (tertiary/aromatic N) is 1. The zero-order valence-corrected chi connectivity index (χ0v) is 21.2. The Morgan fingerprint density at radius 2 is 1.68 bits per heavy atom. The molecule has 3 aromatic rings. The summed E-state index contributed by atoms with van der Waals surface area (Å²) in [5.41, 5.74) is 4.23. The van der Waals surface area contributed by atoms with E-state index in [0.29, 0.717) is 30.3 Å². The number of aryl methyl sites for hydroxylation is 1. The summed E-state index contributed by atoms with van der Waals surface area (Å²) in [5, 5.41) is 3.62. The van der Waals surface area contributed by atoms with Gasteiger partial charge < -0.3 is 10.2 Å². The molecule has 0 saturated heterocycles. The molecule has 0 fully saturated rings. The molecule has 0 aromatic heterocycles. The molecule has 0 aliphatic carbocycles. The average Bonchev–Trinajstić information content (AvgIpc) is 2.83. The fourth-order valence-corrected chi connectivity index (χ4v) is 4.85. The first-order valence-corrected chi connectivity index (χ1v) is 13.0. The molecule has 1 atom stereocenters. The number of likely N-dealkylation sites (N-methyl/N-ethyl adjacent to an activating group) is 1. The van der Waals surface area contributed by atoms with Crippen molar-refractivity contribution in [1.82, 2.24) is 10.2 Å². The molecule has 4 nitrogen and oxygen atoms in total. The maximum absolute atomic E-state index is 13.6. The number of thioether (sulfide) groups is 1. The molecule has 0 bridgehead atoms. The van der Waals surface area contributed by atoms with E-state index in [1.807, 2.05) is 92.7 Å². The van der Waals surface area contributed by atoms with Crippen molar-refractivity contribution in [1.29, 1.82) is 0 Å². The molecular formula is C28H31ClN2O2S. The van der Waals surface area contributed by atoms with E-state index in [9.17, 15) is 9.59 Å². The largest absolute Gasteiger partial charge is 0.355 e. The number of nitrogens with one attached hydrogen (secondary N) is 1. The van der Waals surface area contributed by atoms with E-state index < -0.39 is 6.04 Å². The van der Waals surface area contributed by atoms with Gasteiger partial charge in [0.25, 0.3) is 0 Å². The molecule has 1 N–H and O–H groups in total. The van der Waals surface area contributed by atoms with Crippen LogP contribution in [-0.2, 0) is 28.3 Å². The minimum absolute atomic E-state index is 0.0533. The van der Waals surface area contributed by atoms with E-state index in [1.165, 1.54) is 11.8 Å². The highest BCUT2D eigenvalue weighted by atomic mass is 35.5. The molecule has 3 rings (SSSR count). The Morgan fingerprint density at radius 1 is 0.971 bits per heavy atom. The fraction of sp³-hybridized carbons (Fsp3) is 0.286. The number of carbonyl (C=O) groups excluding carboxylic acids is 2. The molecule has 34 heavy (non-hydrogen) atoms. The number of hydrogen-bond donors (Lipinski definition) is 1. The Hall–Kier alpha value is -2.76. The second-order valence-electron chi connectivity index (χ2n) is 8.17. The third-order valence-electron chi connectivity index (χ3n) is 5.61. The van der Waals surface area contributed by atoms with Crippen LogP contribution in [0.4, 0.5) is 0 Å². The van der Waals surface area contributed by atoms with E-state index in [1.54, 1.807) is 4.90 Å². The monoisotopic (exact) mass is 494 g/mol. The van der Waals surface area contributed by atoms with Crippen LogP contribution >= 0.6 is 23.4 Å². The lowest BCUT2D eigenvalue weighted by Gasteiger charge is -2.32. The SMILES string of the molecule is CCNC(=O)C(Cc1ccccc1)N(Cc1ccccc1C)C(=O)CSCc1cccc(Cl)c1. The van der Waals surface area contributed by atoms with Crippen LogP contribution in [0.2, 0.25) is 5.02 Å². The third-order valence-corrected chi connectivity index (χ3v) is 6.83. The lowest BCUT2D eigenvalue weighted by Crippen LogP contribution is -2.51. The Kier molecular flexibility index (Phi) is 10.0. The van der Waals surface area contributed by atoms with E-state index in [0.717, 1.165) is 22.3 Å². The minimum Gasteiger partial charge on any atom is -0.355 e. The summed E-state index contributed by atoms with van der Waals surface area (Å²) < 4.78 is 0. The highest BCUT2D eigenvalue weighted by molar-refractivity contribution is 7.99. The van der Waals surface area contributed by atoms with Crippen molar-refractivity contribution in [3.8, 4) is 0 Å². The number of amides is 2. The summed E-state index contributed by atoms with van der Waals surface area (Å²) in [6.45, 7) is 4.83. The van der Waals surface area contributed by atoms with Gasteiger partial charge in [0.1, 0.15) is 6.04 Å². The molecule has 0 aliphatic rings. The molecule has 178 valence electrons. The van der Waals surface area contributed by atoms with Crippen molar-refractivity contribution >= 4 is 35.2 Å². The summed E-state index contributed by atoms with van der Waals surface area (Å²) in [6.07, 6.45) is 0.462. The van der Waals surface area contributed by atoms with Gasteiger partial charge in [-0.3, -0.25) is 9.59 Å². The first-order valence-electron chi connectivity index (χ1n) is 11.5. The highest BCUT2D eigenvalue weighted by Crippen LogP contribution is 2.21. The number of hydrogen-bond acceptors (Lipinski definition) is 3. The zero-order valence-electron chi connectivity index (χ0n) is 19.7. The molecule has 0 aliphatic heterocycles. The summed E-state index contributed by atoms with van der Waals surface area (Å²) in [5.74, 6) is 0.772. The predicted molar refractivity (Wildman–Crippen MR) is 142 cm³/mol. The molecule has 0 radical (unpaired) electrons. The van der Waals surface area contributed by atoms with Crippen LogP contribution in [0.15, 0.2) is 78.9 Å². The van der Waals surface area contributed by atoms with Gasteiger partial charge in [-0.05, 0) is 48.2 Å². The second-order valence-corrected chi connectivity index (χ2v) is 9.59. The number of halogens is 1. The summed E-state index contributed by atoms with van der Waals surface area (Å²) in [4.78, 5) is 28.5. The quantitative estimate of drug-likeness (QED) is 0.374. The Labute approximate surface area is 211 Å². The van der Waals surface area contributed by atoms with Gasteiger partial charge in [-0.2, -0.15) is 0 Å². The van der Waals surface area contributed by atoms with Crippen LogP contribution in [0.1, 0.15) is 29.2 Å². The topological polar surface area (TPSA) is 49.4 Å². The molecular weight excluding hydrogens is 464 g/mol. The van der Waals surface area contributed by atoms with Gasteiger partial charge in [0.15, 0.2) is 0 Å². The molecule has 2 amide bonds. The minimum atomic E-state index is -0.596. The maximum Gasteiger partial charge on any atom is 0.243 e. The van der Waals surface area contributed by atoms with Crippen molar-refractivity contribution in [2.75, 3.05) is 12.3 Å². The molecule has 0 heterocycles. The standard InChI is InChI=1S/C28H31ClN2O2S/c1-3-30-28(33)26(17-22-11-5-4-6-12-22)31(18-24-14-8-7-10-21(24)2)27(32)20-34-19-23-13-9-15-25(29)16-23/h4-16,26H,3,17-20H2,1-2H3,(H,30,33). The summed E-state index contributed by atoms with van der Waals surface area (Å²) >= 11 is 7.63. The van der Waals surface area contributed by atoms with Crippen LogP contribution in [0.5, 0.6) is 0 Å². The van der Waals surface area contributed by atoms with E-state index in [4.69, 9.17) is 11.6 Å². The number of benzene rings is 3. The first kappa shape index (κ1) is 25.9. The lowest BCUT2D eigenvalue weighted by molar-refractivity contribution is -0.139. The predicted octanol–water partition coefficient (Wildman–Crippen LogP) is 5.66. The normalized spacial score (nSPS) is 11.6. The van der Waals surface area contributed by atoms with E-state index in [2.05, 4.69) is 5.32 Å². The molecule has 1 unspecified atom stereocenters. The molecule has 3 aromatic carbocycles. The van der Waals surface area contributed by atoms with Crippen LogP contribution < -0.4 is 5.32 Å². The number of rotatable bonds is 11. The maximum atomic E-state index is 13.6. The second kappa shape index (κ2) is 13.2. The van der Waals surface area contributed by atoms with Gasteiger partial charge in [-0.25, -0.2) is 0 Å². The lowest BCUT2D eigenvalue weighted by atomic mass is 10.0. The Bertz CT molecular complexity index is 1090. The van der Waals surface area contributed by atoms with Gasteiger partial charge >= 0.3 is 0 Å². The van der Waals surface area contributed by atoms with Gasteiger partial charge in [0.2, 0.25) is 11.8 Å². The Morgan fingerprint density at radius 3 is 2.38 bits per heavy atom. The highest BCUT2D eigenvalue weighted by Gasteiger charge is 2.30. The molecule has 0 spiro atoms. The molecule has 0 saturated carbocycles. The van der Waals surface area contributed by atoms with E-state index >= 15 is 0 Å². The fourth-order valence-electron chi connectivity index (χ4n) is 3.78. The van der Waals surface area contributed by atoms with Gasteiger partial charge in [-0.15, -0.1) is 11.8 Å². The first-order chi connectivity index (χ1) is 16.5. The summed E-state index contributed by atoms with van der Waals surface area (Å²) in [6, 6.07) is 24.9. The van der Waals surface area contributed by atoms with Crippen molar-refractivity contribution in [2.24, 2.45) is 0 Å². The average molecular weight is 495 g/mol. The van der Waals surface area contributed by atoms with Crippen LogP contribution in [0, 0.1) is 6.92 Å². The van der Waals surface area contributed by atoms with Crippen LogP contribution in [0.3, 0.4) is 0 Å². The van der Waals surface area contributed by atoms with E-state index in [-0.39, 0.29) is 17.6 Å². The third kappa shape index (κ3) is 7.64. The van der Waals surface area contributed by atoms with Crippen molar-refractivity contribution in [3.63, 3.8) is 0 Å². The van der Waals surface area contributed by atoms with Crippen molar-refractivity contribution in [3.05, 3.63) is 106 Å². The zero-order chi connectivity index (χ0) is 24.3. The van der Waals surface area contributed by atoms with Crippen LogP contribution in [0.25, 0.3) is 0 Å². The number of carbonyl (C=O) groups is 2.